The highest BCUT2D eigenvalue weighted by atomic mass is 32.2. The Bertz CT molecular complexity index is 276. The first-order chi connectivity index (χ1) is 5.29. The van der Waals surface area contributed by atoms with E-state index in [9.17, 15) is 4.79 Å². The maximum atomic E-state index is 10.9. The maximum Gasteiger partial charge on any atom is 0.271 e. The Morgan fingerprint density at radius 2 is 2.55 bits per heavy atom. The quantitative estimate of drug-likeness (QED) is 0.526. The molecule has 0 aliphatic carbocycles. The van der Waals surface area contributed by atoms with E-state index in [-0.39, 0.29) is 0 Å². The first-order valence-corrected chi connectivity index (χ1v) is 4.09. The predicted molar refractivity (Wildman–Crippen MR) is 43.6 cm³/mol. The number of rotatable bonds is 0. The Morgan fingerprint density at radius 1 is 1.82 bits per heavy atom. The highest BCUT2D eigenvalue weighted by molar-refractivity contribution is 8.13. The van der Waals surface area contributed by atoms with E-state index >= 15 is 0 Å². The summed E-state index contributed by atoms with van der Waals surface area (Å²) in [7, 11) is 0. The van der Waals surface area contributed by atoms with Crippen LogP contribution in [-0.4, -0.2) is 23.5 Å². The van der Waals surface area contributed by atoms with Crippen LogP contribution >= 0.6 is 11.8 Å². The summed E-state index contributed by atoms with van der Waals surface area (Å²) in [5.41, 5.74) is 0. The van der Waals surface area contributed by atoms with E-state index in [0.29, 0.717) is 5.04 Å². The normalized spacial score (nSPS) is 22.7. The van der Waals surface area contributed by atoms with Crippen LogP contribution in [0.5, 0.6) is 0 Å². The second kappa shape index (κ2) is 3.30. The standard InChI is InChI=1S/C6H5N3OS/c1-11-6-4(2-7)5(10)8-3-9-6/h3-4H,1H3. The Kier molecular flexibility index (Phi) is 2.39. The molecule has 1 amide bonds. The van der Waals surface area contributed by atoms with Gasteiger partial charge in [-0.1, -0.05) is 0 Å². The third kappa shape index (κ3) is 1.46. The van der Waals surface area contributed by atoms with Crippen molar-refractivity contribution in [3.63, 3.8) is 0 Å². The number of amides is 1. The molecule has 0 spiro atoms. The van der Waals surface area contributed by atoms with Gasteiger partial charge in [0.05, 0.1) is 6.07 Å². The van der Waals surface area contributed by atoms with Crippen molar-refractivity contribution >= 4 is 29.1 Å². The molecule has 5 heteroatoms. The SMILES string of the molecule is CSC1=NC=NC(=O)C1C#N. The average Bonchev–Trinajstić information content (AvgIpc) is 2.04. The molecule has 11 heavy (non-hydrogen) atoms. The van der Waals surface area contributed by atoms with E-state index in [1.807, 2.05) is 6.07 Å². The predicted octanol–water partition coefficient (Wildman–Crippen LogP) is 0.456. The van der Waals surface area contributed by atoms with Gasteiger partial charge in [0.1, 0.15) is 11.4 Å². The molecular weight excluding hydrogens is 162 g/mol. The molecule has 1 heterocycles. The second-order valence-corrected chi connectivity index (χ2v) is 2.64. The number of carbonyl (C=O) groups is 1. The van der Waals surface area contributed by atoms with E-state index < -0.39 is 11.8 Å². The molecule has 0 saturated carbocycles. The fourth-order valence-corrected chi connectivity index (χ4v) is 1.22. The third-order valence-electron chi connectivity index (χ3n) is 1.20. The van der Waals surface area contributed by atoms with Crippen molar-refractivity contribution in [3.8, 4) is 6.07 Å². The summed E-state index contributed by atoms with van der Waals surface area (Å²) in [6.45, 7) is 0. The average molecular weight is 167 g/mol. The molecule has 0 aromatic carbocycles. The van der Waals surface area contributed by atoms with Gasteiger partial charge in [-0.3, -0.25) is 4.79 Å². The van der Waals surface area contributed by atoms with E-state index in [2.05, 4.69) is 9.98 Å². The van der Waals surface area contributed by atoms with E-state index in [0.717, 1.165) is 0 Å². The molecule has 56 valence electrons. The molecule has 1 rings (SSSR count). The maximum absolute atomic E-state index is 10.9. The van der Waals surface area contributed by atoms with E-state index in [1.165, 1.54) is 18.1 Å². The van der Waals surface area contributed by atoms with Gasteiger partial charge in [0.25, 0.3) is 5.91 Å². The first kappa shape index (κ1) is 7.95. The molecular formula is C6H5N3OS. The summed E-state index contributed by atoms with van der Waals surface area (Å²) < 4.78 is 0. The summed E-state index contributed by atoms with van der Waals surface area (Å²) in [5.74, 6) is -1.21. The summed E-state index contributed by atoms with van der Waals surface area (Å²) in [4.78, 5) is 18.1. The van der Waals surface area contributed by atoms with Crippen LogP contribution in [0, 0.1) is 17.2 Å². The van der Waals surface area contributed by atoms with Gasteiger partial charge < -0.3 is 0 Å². The number of carbonyl (C=O) groups excluding carboxylic acids is 1. The molecule has 1 aliphatic rings. The van der Waals surface area contributed by atoms with Gasteiger partial charge in [0.15, 0.2) is 5.92 Å². The topological polar surface area (TPSA) is 65.6 Å². The third-order valence-corrected chi connectivity index (χ3v) is 1.96. The molecule has 0 radical (unpaired) electrons. The fraction of sp³-hybridized carbons (Fsp3) is 0.333. The number of aliphatic imine (C=N–C) groups is 2. The summed E-state index contributed by atoms with van der Waals surface area (Å²) >= 11 is 1.30. The lowest BCUT2D eigenvalue weighted by Crippen LogP contribution is -2.21. The lowest BCUT2D eigenvalue weighted by Gasteiger charge is -2.07. The first-order valence-electron chi connectivity index (χ1n) is 2.87. The molecule has 0 fully saturated rings. The summed E-state index contributed by atoms with van der Waals surface area (Å²) in [5, 5.41) is 9.04. The zero-order chi connectivity index (χ0) is 8.27. The number of nitriles is 1. The van der Waals surface area contributed by atoms with Gasteiger partial charge in [-0.15, -0.1) is 11.8 Å². The van der Waals surface area contributed by atoms with Crippen LogP contribution in [0.4, 0.5) is 0 Å². The lowest BCUT2D eigenvalue weighted by atomic mass is 10.2. The van der Waals surface area contributed by atoms with E-state index in [4.69, 9.17) is 5.26 Å². The van der Waals surface area contributed by atoms with Crippen LogP contribution in [0.3, 0.4) is 0 Å². The Balaban J connectivity index is 2.92. The van der Waals surface area contributed by atoms with Crippen LogP contribution in [0.2, 0.25) is 0 Å². The van der Waals surface area contributed by atoms with Crippen molar-refractivity contribution < 1.29 is 4.79 Å². The molecule has 0 aromatic heterocycles. The molecule has 1 unspecified atom stereocenters. The van der Waals surface area contributed by atoms with Gasteiger partial charge in [-0.2, -0.15) is 5.26 Å². The summed E-state index contributed by atoms with van der Waals surface area (Å²) in [6, 6.07) is 1.84. The van der Waals surface area contributed by atoms with Crippen molar-refractivity contribution in [1.29, 1.82) is 5.26 Å². The van der Waals surface area contributed by atoms with Crippen molar-refractivity contribution in [2.75, 3.05) is 6.26 Å². The minimum Gasteiger partial charge on any atom is -0.271 e. The highest BCUT2D eigenvalue weighted by Crippen LogP contribution is 2.13. The van der Waals surface area contributed by atoms with Crippen molar-refractivity contribution in [1.82, 2.24) is 0 Å². The van der Waals surface area contributed by atoms with Crippen LogP contribution in [0.15, 0.2) is 9.98 Å². The molecule has 0 saturated heterocycles. The van der Waals surface area contributed by atoms with Crippen LogP contribution < -0.4 is 0 Å². The van der Waals surface area contributed by atoms with Crippen LogP contribution in [-0.2, 0) is 4.79 Å². The Morgan fingerprint density at radius 3 is 3.00 bits per heavy atom. The monoisotopic (exact) mass is 167 g/mol. The minimum absolute atomic E-state index is 0.424. The number of hydrogen-bond donors (Lipinski definition) is 0. The number of hydrogen-bond acceptors (Lipinski definition) is 4. The van der Waals surface area contributed by atoms with Gasteiger partial charge in [0.2, 0.25) is 0 Å². The van der Waals surface area contributed by atoms with Crippen molar-refractivity contribution in [2.24, 2.45) is 15.9 Å². The molecule has 4 nitrogen and oxygen atoms in total. The lowest BCUT2D eigenvalue weighted by molar-refractivity contribution is -0.118. The highest BCUT2D eigenvalue weighted by Gasteiger charge is 2.24. The number of nitrogens with zero attached hydrogens (tertiary/aromatic N) is 3. The molecule has 0 aromatic rings. The van der Waals surface area contributed by atoms with Gasteiger partial charge in [-0.05, 0) is 6.26 Å². The zero-order valence-corrected chi connectivity index (χ0v) is 6.63. The summed E-state index contributed by atoms with van der Waals surface area (Å²) in [6.07, 6.45) is 2.96. The van der Waals surface area contributed by atoms with Gasteiger partial charge in [-0.25, -0.2) is 9.98 Å². The van der Waals surface area contributed by atoms with Crippen molar-refractivity contribution in [3.05, 3.63) is 0 Å². The van der Waals surface area contributed by atoms with Gasteiger partial charge >= 0.3 is 0 Å². The number of thioether (sulfide) groups is 1. The van der Waals surface area contributed by atoms with Gasteiger partial charge in [0, 0.05) is 0 Å². The largest absolute Gasteiger partial charge is 0.271 e. The van der Waals surface area contributed by atoms with Crippen LogP contribution in [0.1, 0.15) is 0 Å². The van der Waals surface area contributed by atoms with E-state index in [1.54, 1.807) is 6.26 Å². The second-order valence-electron chi connectivity index (χ2n) is 1.82. The molecule has 0 bridgehead atoms. The fourth-order valence-electron chi connectivity index (χ4n) is 0.678. The molecule has 0 N–H and O–H groups in total. The molecule has 1 atom stereocenters. The zero-order valence-electron chi connectivity index (χ0n) is 5.81. The Hall–Kier alpha value is -1.15. The van der Waals surface area contributed by atoms with Crippen LogP contribution in [0.25, 0.3) is 0 Å². The smallest absolute Gasteiger partial charge is 0.271 e. The van der Waals surface area contributed by atoms with Crippen molar-refractivity contribution in [2.45, 2.75) is 0 Å². The molecule has 1 aliphatic heterocycles. The minimum atomic E-state index is -0.782. The Labute approximate surface area is 68.0 Å².